The van der Waals surface area contributed by atoms with E-state index in [1.54, 1.807) is 0 Å². The summed E-state index contributed by atoms with van der Waals surface area (Å²) < 4.78 is 0. The molecule has 1 fully saturated rings. The lowest BCUT2D eigenvalue weighted by atomic mass is 9.78. The first-order valence-corrected chi connectivity index (χ1v) is 6.57. The zero-order valence-electron chi connectivity index (χ0n) is 11.5. The number of primary amides is 1. The van der Waals surface area contributed by atoms with Crippen LogP contribution in [0.5, 0.6) is 0 Å². The molecule has 0 aliphatic heterocycles. The monoisotopic (exact) mass is 255 g/mol. The molecule has 18 heavy (non-hydrogen) atoms. The Labute approximate surface area is 109 Å². The van der Waals surface area contributed by atoms with Gasteiger partial charge in [0, 0.05) is 23.9 Å². The second-order valence-electron chi connectivity index (χ2n) is 6.17. The first-order chi connectivity index (χ1) is 8.21. The Morgan fingerprint density at radius 3 is 2.44 bits per heavy atom. The maximum Gasteiger partial charge on any atom is 0.223 e. The topological polar surface area (TPSA) is 98.2 Å². The average molecular weight is 255 g/mol. The van der Waals surface area contributed by atoms with Crippen LogP contribution >= 0.6 is 0 Å². The molecular weight excluding hydrogens is 230 g/mol. The maximum atomic E-state index is 12.1. The minimum Gasteiger partial charge on any atom is -0.370 e. The molecular formula is C13H25N3O2. The number of nitrogens with two attached hydrogens (primary N) is 2. The van der Waals surface area contributed by atoms with Gasteiger partial charge in [-0.05, 0) is 39.0 Å². The van der Waals surface area contributed by atoms with E-state index in [1.807, 2.05) is 13.8 Å². The molecule has 3 atom stereocenters. The van der Waals surface area contributed by atoms with E-state index in [4.69, 9.17) is 11.5 Å². The minimum absolute atomic E-state index is 0.00644. The lowest BCUT2D eigenvalue weighted by molar-refractivity contribution is -0.128. The molecule has 0 aromatic carbocycles. The van der Waals surface area contributed by atoms with Gasteiger partial charge in [0.2, 0.25) is 11.8 Å². The first kappa shape index (κ1) is 15.0. The van der Waals surface area contributed by atoms with E-state index in [9.17, 15) is 9.59 Å². The Morgan fingerprint density at radius 2 is 1.94 bits per heavy atom. The van der Waals surface area contributed by atoms with Gasteiger partial charge in [0.05, 0.1) is 0 Å². The number of amides is 2. The Balaban J connectivity index is 2.53. The number of hydrogen-bond donors (Lipinski definition) is 3. The molecule has 1 rings (SSSR count). The summed E-state index contributed by atoms with van der Waals surface area (Å²) in [6.45, 7) is 5.71. The van der Waals surface area contributed by atoms with E-state index in [0.717, 1.165) is 19.3 Å². The summed E-state index contributed by atoms with van der Waals surface area (Å²) >= 11 is 0. The van der Waals surface area contributed by atoms with Crippen LogP contribution in [0, 0.1) is 11.8 Å². The van der Waals surface area contributed by atoms with Crippen LogP contribution in [0.1, 0.15) is 46.5 Å². The van der Waals surface area contributed by atoms with Crippen molar-refractivity contribution < 1.29 is 9.59 Å². The lowest BCUT2D eigenvalue weighted by Gasteiger charge is -2.33. The molecule has 1 saturated carbocycles. The predicted octanol–water partition coefficient (Wildman–Crippen LogP) is 0.520. The fourth-order valence-electron chi connectivity index (χ4n) is 2.57. The van der Waals surface area contributed by atoms with Crippen molar-refractivity contribution in [3.63, 3.8) is 0 Å². The van der Waals surface area contributed by atoms with Crippen LogP contribution in [0.2, 0.25) is 0 Å². The second kappa shape index (κ2) is 5.69. The third-order valence-corrected chi connectivity index (χ3v) is 3.68. The highest BCUT2D eigenvalue weighted by molar-refractivity contribution is 5.81. The molecule has 5 nitrogen and oxygen atoms in total. The Bertz CT molecular complexity index is 328. The van der Waals surface area contributed by atoms with Gasteiger partial charge in [-0.1, -0.05) is 6.92 Å². The van der Waals surface area contributed by atoms with Crippen LogP contribution in [0.4, 0.5) is 0 Å². The SMILES string of the molecule is CC1CC(C(=O)NC(C)(C)CC(N)=O)CCC1N. The number of hydrogen-bond acceptors (Lipinski definition) is 3. The minimum atomic E-state index is -0.578. The smallest absolute Gasteiger partial charge is 0.223 e. The maximum absolute atomic E-state index is 12.1. The molecule has 0 bridgehead atoms. The third-order valence-electron chi connectivity index (χ3n) is 3.68. The molecule has 1 aliphatic carbocycles. The molecule has 104 valence electrons. The van der Waals surface area contributed by atoms with Gasteiger partial charge in [-0.25, -0.2) is 0 Å². The van der Waals surface area contributed by atoms with Crippen molar-refractivity contribution in [1.82, 2.24) is 5.32 Å². The van der Waals surface area contributed by atoms with Crippen molar-refractivity contribution in [1.29, 1.82) is 0 Å². The summed E-state index contributed by atoms with van der Waals surface area (Å²) in [7, 11) is 0. The van der Waals surface area contributed by atoms with Gasteiger partial charge in [-0.3, -0.25) is 9.59 Å². The summed E-state index contributed by atoms with van der Waals surface area (Å²) in [5.41, 5.74) is 10.5. The van der Waals surface area contributed by atoms with Crippen LogP contribution in [0.3, 0.4) is 0 Å². The van der Waals surface area contributed by atoms with Crippen LogP contribution < -0.4 is 16.8 Å². The van der Waals surface area contributed by atoms with E-state index >= 15 is 0 Å². The summed E-state index contributed by atoms with van der Waals surface area (Å²) in [4.78, 5) is 23.1. The zero-order chi connectivity index (χ0) is 13.9. The van der Waals surface area contributed by atoms with Gasteiger partial charge >= 0.3 is 0 Å². The molecule has 1 aliphatic rings. The number of rotatable bonds is 4. The molecule has 5 N–H and O–H groups in total. The molecule has 0 aromatic heterocycles. The fraction of sp³-hybridized carbons (Fsp3) is 0.846. The predicted molar refractivity (Wildman–Crippen MR) is 70.5 cm³/mol. The molecule has 0 spiro atoms. The van der Waals surface area contributed by atoms with Crippen molar-refractivity contribution >= 4 is 11.8 Å². The average Bonchev–Trinajstić information content (AvgIpc) is 2.19. The molecule has 0 saturated heterocycles. The van der Waals surface area contributed by atoms with Gasteiger partial charge in [-0.2, -0.15) is 0 Å². The van der Waals surface area contributed by atoms with Crippen LogP contribution in [0.25, 0.3) is 0 Å². The summed E-state index contributed by atoms with van der Waals surface area (Å²) in [5.74, 6) is -0.0139. The van der Waals surface area contributed by atoms with Crippen LogP contribution in [-0.2, 0) is 9.59 Å². The summed E-state index contributed by atoms with van der Waals surface area (Å²) in [5, 5.41) is 2.91. The van der Waals surface area contributed by atoms with E-state index in [-0.39, 0.29) is 24.3 Å². The quantitative estimate of drug-likeness (QED) is 0.683. The molecule has 0 radical (unpaired) electrons. The Kier molecular flexibility index (Phi) is 4.73. The van der Waals surface area contributed by atoms with Crippen molar-refractivity contribution in [3.8, 4) is 0 Å². The highest BCUT2D eigenvalue weighted by Gasteiger charge is 2.32. The van der Waals surface area contributed by atoms with Gasteiger partial charge in [-0.15, -0.1) is 0 Å². The van der Waals surface area contributed by atoms with E-state index in [0.29, 0.717) is 5.92 Å². The Hall–Kier alpha value is -1.10. The van der Waals surface area contributed by atoms with Gasteiger partial charge in [0.15, 0.2) is 0 Å². The molecule has 5 heteroatoms. The van der Waals surface area contributed by atoms with Crippen LogP contribution in [-0.4, -0.2) is 23.4 Å². The van der Waals surface area contributed by atoms with E-state index < -0.39 is 11.4 Å². The van der Waals surface area contributed by atoms with Crippen molar-refractivity contribution in [2.45, 2.75) is 58.0 Å². The number of carbonyl (C=O) groups is 2. The molecule has 2 amide bonds. The van der Waals surface area contributed by atoms with Gasteiger partial charge in [0.1, 0.15) is 0 Å². The van der Waals surface area contributed by atoms with E-state index in [1.165, 1.54) is 0 Å². The highest BCUT2D eigenvalue weighted by atomic mass is 16.2. The lowest BCUT2D eigenvalue weighted by Crippen LogP contribution is -2.50. The van der Waals surface area contributed by atoms with Crippen molar-refractivity contribution in [3.05, 3.63) is 0 Å². The van der Waals surface area contributed by atoms with Crippen LogP contribution in [0.15, 0.2) is 0 Å². The standard InChI is InChI=1S/C13H25N3O2/c1-8-6-9(4-5-10(8)14)12(18)16-13(2,3)7-11(15)17/h8-10H,4-7,14H2,1-3H3,(H2,15,17)(H,16,18). The number of carbonyl (C=O) groups excluding carboxylic acids is 2. The molecule has 3 unspecified atom stereocenters. The van der Waals surface area contributed by atoms with Gasteiger partial charge < -0.3 is 16.8 Å². The summed E-state index contributed by atoms with van der Waals surface area (Å²) in [6.07, 6.45) is 2.68. The zero-order valence-corrected chi connectivity index (χ0v) is 11.5. The molecule has 0 heterocycles. The highest BCUT2D eigenvalue weighted by Crippen LogP contribution is 2.28. The summed E-state index contributed by atoms with van der Waals surface area (Å²) in [6, 6.07) is 0.202. The van der Waals surface area contributed by atoms with E-state index in [2.05, 4.69) is 12.2 Å². The molecule has 0 aromatic rings. The largest absolute Gasteiger partial charge is 0.370 e. The third kappa shape index (κ3) is 4.29. The number of nitrogens with one attached hydrogen (secondary N) is 1. The Morgan fingerprint density at radius 1 is 1.33 bits per heavy atom. The second-order valence-corrected chi connectivity index (χ2v) is 6.17. The normalized spacial score (nSPS) is 28.8. The fourth-order valence-corrected chi connectivity index (χ4v) is 2.57. The van der Waals surface area contributed by atoms with Crippen molar-refractivity contribution in [2.24, 2.45) is 23.3 Å². The first-order valence-electron chi connectivity index (χ1n) is 6.57. The van der Waals surface area contributed by atoms with Gasteiger partial charge in [0.25, 0.3) is 0 Å². The van der Waals surface area contributed by atoms with Crippen molar-refractivity contribution in [2.75, 3.05) is 0 Å².